The highest BCUT2D eigenvalue weighted by Crippen LogP contribution is 2.31. The molecule has 30 heavy (non-hydrogen) atoms. The SMILES string of the molecule is Cc1cc(Br)ccc1NC(=O)c1cc(-c2ccc(Cl)cc2)nc2c(C)cc(Br)cc12. The molecule has 6 heteroatoms. The van der Waals surface area contributed by atoms with Gasteiger partial charge in [0, 0.05) is 30.6 Å². The predicted octanol–water partition coefficient (Wildman–Crippen LogP) is 7.95. The smallest absolute Gasteiger partial charge is 0.256 e. The zero-order valence-electron chi connectivity index (χ0n) is 16.3. The molecule has 4 aromatic rings. The summed E-state index contributed by atoms with van der Waals surface area (Å²) in [6, 6.07) is 19.0. The maximum Gasteiger partial charge on any atom is 0.256 e. The van der Waals surface area contributed by atoms with Crippen LogP contribution >= 0.6 is 43.5 Å². The zero-order valence-corrected chi connectivity index (χ0v) is 20.2. The van der Waals surface area contributed by atoms with E-state index in [9.17, 15) is 4.79 Å². The molecule has 0 saturated heterocycles. The van der Waals surface area contributed by atoms with Crippen molar-refractivity contribution in [3.63, 3.8) is 0 Å². The summed E-state index contributed by atoms with van der Waals surface area (Å²) in [5.74, 6) is -0.180. The van der Waals surface area contributed by atoms with Crippen LogP contribution in [0.5, 0.6) is 0 Å². The number of rotatable bonds is 3. The van der Waals surface area contributed by atoms with E-state index in [1.807, 2.05) is 74.5 Å². The fourth-order valence-electron chi connectivity index (χ4n) is 3.37. The number of nitrogens with zero attached hydrogens (tertiary/aromatic N) is 1. The molecule has 4 rings (SSSR count). The number of amides is 1. The molecule has 3 nitrogen and oxygen atoms in total. The first-order valence-corrected chi connectivity index (χ1v) is 11.2. The third-order valence-electron chi connectivity index (χ3n) is 4.89. The Morgan fingerprint density at radius 2 is 1.60 bits per heavy atom. The van der Waals surface area contributed by atoms with Crippen LogP contribution in [-0.2, 0) is 0 Å². The fraction of sp³-hybridized carbons (Fsp3) is 0.0833. The molecule has 1 heterocycles. The van der Waals surface area contributed by atoms with Gasteiger partial charge in [-0.3, -0.25) is 4.79 Å². The van der Waals surface area contributed by atoms with Crippen molar-refractivity contribution in [3.05, 3.63) is 91.3 Å². The van der Waals surface area contributed by atoms with Gasteiger partial charge in [0.05, 0.1) is 16.8 Å². The number of aromatic nitrogens is 1. The molecule has 0 aliphatic rings. The first-order chi connectivity index (χ1) is 14.3. The van der Waals surface area contributed by atoms with Crippen LogP contribution in [0, 0.1) is 13.8 Å². The zero-order chi connectivity index (χ0) is 21.4. The molecule has 1 N–H and O–H groups in total. The highest BCUT2D eigenvalue weighted by atomic mass is 79.9. The first kappa shape index (κ1) is 21.0. The topological polar surface area (TPSA) is 42.0 Å². The van der Waals surface area contributed by atoms with E-state index in [-0.39, 0.29) is 5.91 Å². The standard InChI is InChI=1S/C24H17Br2ClN2O/c1-13-9-16(25)5-8-21(13)29-24(30)20-12-22(15-3-6-18(27)7-4-15)28-23-14(2)10-17(26)11-19(20)23/h3-12H,1-2H3,(H,29,30). The lowest BCUT2D eigenvalue weighted by Crippen LogP contribution is -2.14. The van der Waals surface area contributed by atoms with E-state index in [0.29, 0.717) is 10.6 Å². The van der Waals surface area contributed by atoms with E-state index < -0.39 is 0 Å². The van der Waals surface area contributed by atoms with Gasteiger partial charge in [-0.2, -0.15) is 0 Å². The Labute approximate surface area is 196 Å². The lowest BCUT2D eigenvalue weighted by atomic mass is 10.0. The number of halogens is 3. The minimum Gasteiger partial charge on any atom is -0.322 e. The molecule has 0 saturated carbocycles. The summed E-state index contributed by atoms with van der Waals surface area (Å²) >= 11 is 13.0. The molecule has 150 valence electrons. The van der Waals surface area contributed by atoms with Crippen molar-refractivity contribution in [2.24, 2.45) is 0 Å². The van der Waals surface area contributed by atoms with E-state index in [1.54, 1.807) is 0 Å². The average molecular weight is 545 g/mol. The summed E-state index contributed by atoms with van der Waals surface area (Å²) in [6.45, 7) is 3.96. The minimum atomic E-state index is -0.180. The van der Waals surface area contributed by atoms with Gasteiger partial charge in [0.2, 0.25) is 0 Å². The van der Waals surface area contributed by atoms with Gasteiger partial charge in [0.15, 0.2) is 0 Å². The normalized spacial score (nSPS) is 11.0. The summed E-state index contributed by atoms with van der Waals surface area (Å²) < 4.78 is 1.87. The van der Waals surface area contributed by atoms with Gasteiger partial charge in [0.25, 0.3) is 5.91 Å². The average Bonchev–Trinajstić information content (AvgIpc) is 2.70. The summed E-state index contributed by atoms with van der Waals surface area (Å²) in [7, 11) is 0. The van der Waals surface area contributed by atoms with Gasteiger partial charge in [-0.05, 0) is 73.5 Å². The molecule has 0 spiro atoms. The van der Waals surface area contributed by atoms with E-state index in [0.717, 1.165) is 47.9 Å². The van der Waals surface area contributed by atoms with Gasteiger partial charge in [-0.25, -0.2) is 4.98 Å². The Hall–Kier alpha value is -2.21. The highest BCUT2D eigenvalue weighted by Gasteiger charge is 2.17. The Balaban J connectivity index is 1.87. The number of carbonyl (C=O) groups is 1. The number of pyridine rings is 1. The monoisotopic (exact) mass is 542 g/mol. The molecule has 0 atom stereocenters. The second-order valence-corrected chi connectivity index (χ2v) is 9.36. The molecule has 1 aromatic heterocycles. The molecular weight excluding hydrogens is 528 g/mol. The summed E-state index contributed by atoms with van der Waals surface area (Å²) in [5.41, 5.74) is 5.73. The van der Waals surface area contributed by atoms with Crippen LogP contribution in [0.2, 0.25) is 5.02 Å². The number of aryl methyl sites for hydroxylation is 2. The molecule has 0 radical (unpaired) electrons. The van der Waals surface area contributed by atoms with E-state index in [1.165, 1.54) is 0 Å². The third kappa shape index (κ3) is 4.29. The molecular formula is C24H17Br2ClN2O. The van der Waals surface area contributed by atoms with Crippen LogP contribution in [0.15, 0.2) is 69.6 Å². The van der Waals surface area contributed by atoms with Gasteiger partial charge in [-0.1, -0.05) is 55.6 Å². The molecule has 3 aromatic carbocycles. The molecule has 1 amide bonds. The van der Waals surface area contributed by atoms with Crippen molar-refractivity contribution < 1.29 is 4.79 Å². The van der Waals surface area contributed by atoms with Gasteiger partial charge in [0.1, 0.15) is 0 Å². The van der Waals surface area contributed by atoms with Crippen LogP contribution in [0.25, 0.3) is 22.2 Å². The lowest BCUT2D eigenvalue weighted by molar-refractivity contribution is 0.102. The lowest BCUT2D eigenvalue weighted by Gasteiger charge is -2.14. The Morgan fingerprint density at radius 1 is 0.900 bits per heavy atom. The maximum absolute atomic E-state index is 13.3. The van der Waals surface area contributed by atoms with E-state index >= 15 is 0 Å². The fourth-order valence-corrected chi connectivity index (χ4v) is 4.54. The van der Waals surface area contributed by atoms with Crippen molar-refractivity contribution in [2.45, 2.75) is 13.8 Å². The molecule has 0 fully saturated rings. The largest absolute Gasteiger partial charge is 0.322 e. The number of carbonyl (C=O) groups excluding carboxylic acids is 1. The van der Waals surface area contributed by atoms with E-state index in [2.05, 4.69) is 37.2 Å². The highest BCUT2D eigenvalue weighted by molar-refractivity contribution is 9.10. The number of nitrogens with one attached hydrogen (secondary N) is 1. The Kier molecular flexibility index (Phi) is 5.96. The summed E-state index contributed by atoms with van der Waals surface area (Å²) in [5, 5.41) is 4.50. The first-order valence-electron chi connectivity index (χ1n) is 9.26. The summed E-state index contributed by atoms with van der Waals surface area (Å²) in [6.07, 6.45) is 0. The van der Waals surface area contributed by atoms with Crippen LogP contribution in [-0.4, -0.2) is 10.9 Å². The molecule has 0 aliphatic heterocycles. The van der Waals surface area contributed by atoms with Crippen molar-refractivity contribution in [3.8, 4) is 11.3 Å². The number of hydrogen-bond acceptors (Lipinski definition) is 2. The second-order valence-electron chi connectivity index (χ2n) is 7.09. The van der Waals surface area contributed by atoms with Crippen LogP contribution in [0.3, 0.4) is 0 Å². The quantitative estimate of drug-likeness (QED) is 0.284. The molecule has 0 aliphatic carbocycles. The second kappa shape index (κ2) is 8.50. The van der Waals surface area contributed by atoms with Gasteiger partial charge in [-0.15, -0.1) is 0 Å². The van der Waals surface area contributed by atoms with Crippen molar-refractivity contribution >= 4 is 66.0 Å². The van der Waals surface area contributed by atoms with Crippen LogP contribution in [0.1, 0.15) is 21.5 Å². The number of anilines is 1. The van der Waals surface area contributed by atoms with Crippen molar-refractivity contribution in [1.82, 2.24) is 4.98 Å². The molecule has 0 unspecified atom stereocenters. The predicted molar refractivity (Wildman–Crippen MR) is 131 cm³/mol. The molecule has 0 bridgehead atoms. The van der Waals surface area contributed by atoms with Crippen molar-refractivity contribution in [1.29, 1.82) is 0 Å². The van der Waals surface area contributed by atoms with Gasteiger partial charge >= 0.3 is 0 Å². The number of fused-ring (bicyclic) bond motifs is 1. The Morgan fingerprint density at radius 3 is 2.30 bits per heavy atom. The Bertz CT molecular complexity index is 1290. The van der Waals surface area contributed by atoms with Gasteiger partial charge < -0.3 is 5.32 Å². The summed E-state index contributed by atoms with van der Waals surface area (Å²) in [4.78, 5) is 18.2. The maximum atomic E-state index is 13.3. The van der Waals surface area contributed by atoms with E-state index in [4.69, 9.17) is 16.6 Å². The number of hydrogen-bond donors (Lipinski definition) is 1. The van der Waals surface area contributed by atoms with Crippen molar-refractivity contribution in [2.75, 3.05) is 5.32 Å². The van der Waals surface area contributed by atoms with Crippen LogP contribution in [0.4, 0.5) is 5.69 Å². The third-order valence-corrected chi connectivity index (χ3v) is 6.09. The number of benzene rings is 3. The van der Waals surface area contributed by atoms with Crippen LogP contribution < -0.4 is 5.32 Å². The minimum absolute atomic E-state index is 0.180.